The standard InChI is InChI=1S/C12H15ClN2O2S/c1-16-6-7-17-5-4-15-11-3-2-9(13)8-10(11)14-12(15)18/h2-3,8H,4-7H2,1H3,(H,14,18). The Morgan fingerprint density at radius 2 is 2.17 bits per heavy atom. The molecule has 18 heavy (non-hydrogen) atoms. The molecule has 2 rings (SSSR count). The van der Waals surface area contributed by atoms with E-state index in [1.807, 2.05) is 22.8 Å². The number of aromatic nitrogens is 2. The van der Waals surface area contributed by atoms with E-state index in [-0.39, 0.29) is 0 Å². The molecule has 4 nitrogen and oxygen atoms in total. The van der Waals surface area contributed by atoms with Gasteiger partial charge >= 0.3 is 0 Å². The van der Waals surface area contributed by atoms with E-state index < -0.39 is 0 Å². The zero-order valence-electron chi connectivity index (χ0n) is 10.1. The molecule has 0 aliphatic rings. The van der Waals surface area contributed by atoms with Gasteiger partial charge in [-0.3, -0.25) is 0 Å². The number of hydrogen-bond acceptors (Lipinski definition) is 3. The van der Waals surface area contributed by atoms with Gasteiger partial charge in [-0.1, -0.05) is 11.6 Å². The number of rotatable bonds is 6. The molecular weight excluding hydrogens is 272 g/mol. The Morgan fingerprint density at radius 3 is 2.94 bits per heavy atom. The van der Waals surface area contributed by atoms with Crippen LogP contribution in [0.3, 0.4) is 0 Å². The number of benzene rings is 1. The van der Waals surface area contributed by atoms with Crippen molar-refractivity contribution in [2.75, 3.05) is 26.9 Å². The maximum Gasteiger partial charge on any atom is 0.178 e. The summed E-state index contributed by atoms with van der Waals surface area (Å²) in [4.78, 5) is 3.13. The average Bonchev–Trinajstić information content (AvgIpc) is 2.64. The van der Waals surface area contributed by atoms with Crippen molar-refractivity contribution in [2.24, 2.45) is 0 Å². The van der Waals surface area contributed by atoms with Crippen molar-refractivity contribution in [3.63, 3.8) is 0 Å². The molecule has 1 heterocycles. The number of aromatic amines is 1. The molecule has 0 saturated heterocycles. The van der Waals surface area contributed by atoms with Gasteiger partial charge in [-0.05, 0) is 30.4 Å². The molecule has 0 amide bonds. The van der Waals surface area contributed by atoms with Crippen LogP contribution in [0.5, 0.6) is 0 Å². The molecule has 6 heteroatoms. The molecule has 0 radical (unpaired) electrons. The first kappa shape index (κ1) is 13.5. The van der Waals surface area contributed by atoms with Crippen molar-refractivity contribution < 1.29 is 9.47 Å². The third kappa shape index (κ3) is 3.11. The van der Waals surface area contributed by atoms with E-state index in [9.17, 15) is 0 Å². The fraction of sp³-hybridized carbons (Fsp3) is 0.417. The topological polar surface area (TPSA) is 39.2 Å². The lowest BCUT2D eigenvalue weighted by atomic mass is 10.3. The van der Waals surface area contributed by atoms with Crippen molar-refractivity contribution in [3.8, 4) is 0 Å². The number of halogens is 1. The smallest absolute Gasteiger partial charge is 0.178 e. The van der Waals surface area contributed by atoms with E-state index in [1.54, 1.807) is 7.11 Å². The summed E-state index contributed by atoms with van der Waals surface area (Å²) in [6.07, 6.45) is 0. The lowest BCUT2D eigenvalue weighted by molar-refractivity contribution is 0.0668. The van der Waals surface area contributed by atoms with Gasteiger partial charge in [-0.25, -0.2) is 0 Å². The largest absolute Gasteiger partial charge is 0.382 e. The van der Waals surface area contributed by atoms with E-state index in [1.165, 1.54) is 0 Å². The van der Waals surface area contributed by atoms with Crippen LogP contribution in [0.25, 0.3) is 11.0 Å². The van der Waals surface area contributed by atoms with Gasteiger partial charge in [0.1, 0.15) is 0 Å². The van der Waals surface area contributed by atoms with Gasteiger partial charge in [0.25, 0.3) is 0 Å². The summed E-state index contributed by atoms with van der Waals surface area (Å²) in [5.74, 6) is 0. The predicted octanol–water partition coefficient (Wildman–Crippen LogP) is 3.02. The molecule has 0 bridgehead atoms. The molecule has 0 spiro atoms. The predicted molar refractivity (Wildman–Crippen MR) is 74.8 cm³/mol. The van der Waals surface area contributed by atoms with Gasteiger partial charge in [0, 0.05) is 18.7 Å². The van der Waals surface area contributed by atoms with Crippen LogP contribution >= 0.6 is 23.8 Å². The Bertz CT molecular complexity index is 579. The lowest BCUT2D eigenvalue weighted by Crippen LogP contribution is -2.09. The summed E-state index contributed by atoms with van der Waals surface area (Å²) in [5.41, 5.74) is 1.99. The van der Waals surface area contributed by atoms with Crippen LogP contribution in [0.2, 0.25) is 5.02 Å². The van der Waals surface area contributed by atoms with Gasteiger partial charge in [-0.2, -0.15) is 0 Å². The van der Waals surface area contributed by atoms with Gasteiger partial charge in [0.15, 0.2) is 4.77 Å². The Morgan fingerprint density at radius 1 is 1.33 bits per heavy atom. The van der Waals surface area contributed by atoms with Crippen LogP contribution < -0.4 is 0 Å². The van der Waals surface area contributed by atoms with Gasteiger partial charge < -0.3 is 19.0 Å². The highest BCUT2D eigenvalue weighted by molar-refractivity contribution is 7.71. The van der Waals surface area contributed by atoms with Crippen molar-refractivity contribution in [2.45, 2.75) is 6.54 Å². The monoisotopic (exact) mass is 286 g/mol. The molecule has 1 aromatic carbocycles. The number of nitrogens with zero attached hydrogens (tertiary/aromatic N) is 1. The average molecular weight is 287 g/mol. The third-order valence-corrected chi connectivity index (χ3v) is 3.18. The Labute approximate surface area is 115 Å². The number of imidazole rings is 1. The molecule has 0 saturated carbocycles. The highest BCUT2D eigenvalue weighted by Crippen LogP contribution is 2.18. The lowest BCUT2D eigenvalue weighted by Gasteiger charge is -2.05. The van der Waals surface area contributed by atoms with Crippen LogP contribution in [0.15, 0.2) is 18.2 Å². The highest BCUT2D eigenvalue weighted by Gasteiger charge is 2.04. The fourth-order valence-electron chi connectivity index (χ4n) is 1.76. The number of nitrogens with one attached hydrogen (secondary N) is 1. The minimum absolute atomic E-state index is 0.595. The minimum Gasteiger partial charge on any atom is -0.382 e. The molecule has 0 fully saturated rings. The van der Waals surface area contributed by atoms with Crippen LogP contribution in [0, 0.1) is 4.77 Å². The van der Waals surface area contributed by atoms with Gasteiger partial charge in [-0.15, -0.1) is 0 Å². The maximum atomic E-state index is 5.94. The second-order valence-corrected chi connectivity index (χ2v) is 4.67. The number of H-pyrrole nitrogens is 1. The summed E-state index contributed by atoms with van der Waals surface area (Å²) in [5, 5.41) is 0.697. The zero-order chi connectivity index (χ0) is 13.0. The Hall–Kier alpha value is -0.880. The number of ether oxygens (including phenoxy) is 2. The summed E-state index contributed by atoms with van der Waals surface area (Å²) in [6, 6.07) is 5.68. The summed E-state index contributed by atoms with van der Waals surface area (Å²) in [6.45, 7) is 2.52. The first-order valence-corrected chi connectivity index (χ1v) is 6.46. The van der Waals surface area contributed by atoms with Crippen molar-refractivity contribution in [3.05, 3.63) is 28.0 Å². The summed E-state index contributed by atoms with van der Waals surface area (Å²) < 4.78 is 13.0. The molecule has 0 aliphatic carbocycles. The Kier molecular flexibility index (Phi) is 4.77. The fourth-order valence-corrected chi connectivity index (χ4v) is 2.23. The van der Waals surface area contributed by atoms with Crippen molar-refractivity contribution in [1.29, 1.82) is 0 Å². The first-order valence-electron chi connectivity index (χ1n) is 5.67. The van der Waals surface area contributed by atoms with Crippen LogP contribution in [0.1, 0.15) is 0 Å². The van der Waals surface area contributed by atoms with E-state index in [0.717, 1.165) is 11.0 Å². The van der Waals surface area contributed by atoms with Crippen LogP contribution in [-0.4, -0.2) is 36.5 Å². The molecule has 0 atom stereocenters. The van der Waals surface area contributed by atoms with E-state index in [2.05, 4.69) is 4.98 Å². The quantitative estimate of drug-likeness (QED) is 0.655. The van der Waals surface area contributed by atoms with Gasteiger partial charge in [0.2, 0.25) is 0 Å². The van der Waals surface area contributed by atoms with Crippen molar-refractivity contribution >= 4 is 34.9 Å². The SMILES string of the molecule is COCCOCCn1c(=S)[nH]c2cc(Cl)ccc21. The molecule has 98 valence electrons. The van der Waals surface area contributed by atoms with Crippen LogP contribution in [-0.2, 0) is 16.0 Å². The molecule has 1 N–H and O–H groups in total. The summed E-state index contributed by atoms with van der Waals surface area (Å²) in [7, 11) is 1.66. The number of hydrogen-bond donors (Lipinski definition) is 1. The van der Waals surface area contributed by atoms with E-state index >= 15 is 0 Å². The zero-order valence-corrected chi connectivity index (χ0v) is 11.7. The first-order chi connectivity index (χ1) is 8.72. The normalized spacial score (nSPS) is 11.2. The molecular formula is C12H15ClN2O2S. The summed E-state index contributed by atoms with van der Waals surface area (Å²) >= 11 is 11.2. The van der Waals surface area contributed by atoms with Crippen molar-refractivity contribution in [1.82, 2.24) is 9.55 Å². The van der Waals surface area contributed by atoms with E-state index in [4.69, 9.17) is 33.3 Å². The maximum absolute atomic E-state index is 5.94. The number of fused-ring (bicyclic) bond motifs is 1. The Balaban J connectivity index is 2.08. The number of methoxy groups -OCH3 is 1. The molecule has 0 aliphatic heterocycles. The highest BCUT2D eigenvalue weighted by atomic mass is 35.5. The van der Waals surface area contributed by atoms with Gasteiger partial charge in [0.05, 0.1) is 30.9 Å². The molecule has 1 aromatic heterocycles. The van der Waals surface area contributed by atoms with E-state index in [0.29, 0.717) is 36.2 Å². The second kappa shape index (κ2) is 6.33. The third-order valence-electron chi connectivity index (χ3n) is 2.63. The second-order valence-electron chi connectivity index (χ2n) is 3.85. The molecule has 2 aromatic rings. The van der Waals surface area contributed by atoms with Crippen LogP contribution in [0.4, 0.5) is 0 Å². The minimum atomic E-state index is 0.595. The molecule has 0 unspecified atom stereocenters.